The Morgan fingerprint density at radius 3 is 2.47 bits per heavy atom. The van der Waals surface area contributed by atoms with Crippen LogP contribution in [0.25, 0.3) is 0 Å². The summed E-state index contributed by atoms with van der Waals surface area (Å²) in [4.78, 5) is 2.70. The molecule has 1 aromatic carbocycles. The average Bonchev–Trinajstić information content (AvgIpc) is 2.70. The molecule has 0 aliphatic carbocycles. The number of nitrogens with zero attached hydrogens (tertiary/aromatic N) is 1. The van der Waals surface area contributed by atoms with Gasteiger partial charge in [-0.3, -0.25) is 0 Å². The van der Waals surface area contributed by atoms with E-state index in [1.54, 1.807) is 0 Å². The number of piperidine rings is 1. The summed E-state index contributed by atoms with van der Waals surface area (Å²) in [5, 5.41) is 0. The monoisotopic (exact) mass is 258 g/mol. The number of hydrogen-bond donors (Lipinski definition) is 1. The molecule has 3 unspecified atom stereocenters. The second-order valence-electron chi connectivity index (χ2n) is 6.39. The van der Waals surface area contributed by atoms with Crippen LogP contribution in [0, 0.1) is 0 Å². The van der Waals surface area contributed by atoms with Gasteiger partial charge in [0, 0.05) is 23.8 Å². The minimum Gasteiger partial charge on any atom is -0.365 e. The Morgan fingerprint density at radius 1 is 1.21 bits per heavy atom. The number of para-hydroxylation sites is 1. The normalized spacial score (nSPS) is 31.5. The van der Waals surface area contributed by atoms with Gasteiger partial charge in [0.15, 0.2) is 0 Å². The van der Waals surface area contributed by atoms with Crippen molar-refractivity contribution in [2.75, 3.05) is 4.90 Å². The highest BCUT2D eigenvalue weighted by atomic mass is 15.2. The lowest BCUT2D eigenvalue weighted by Gasteiger charge is -2.41. The zero-order chi connectivity index (χ0) is 13.4. The van der Waals surface area contributed by atoms with E-state index in [2.05, 4.69) is 43.0 Å². The average molecular weight is 258 g/mol. The third kappa shape index (κ3) is 2.27. The Bertz CT molecular complexity index is 429. The van der Waals surface area contributed by atoms with E-state index in [0.29, 0.717) is 24.0 Å². The molecule has 3 atom stereocenters. The van der Waals surface area contributed by atoms with E-state index in [1.165, 1.54) is 43.4 Å². The van der Waals surface area contributed by atoms with Gasteiger partial charge in [-0.1, -0.05) is 32.0 Å². The highest BCUT2D eigenvalue weighted by molar-refractivity contribution is 5.58. The van der Waals surface area contributed by atoms with Crippen molar-refractivity contribution in [3.8, 4) is 0 Å². The first-order valence-electron chi connectivity index (χ1n) is 7.83. The standard InChI is InChI=1S/C17H26N2/c1-3-12(2)16-6-4-5-7-17(16)19-14-8-9-15(19)11-13(18)10-14/h4-7,12-15H,3,8-11,18H2,1-2H3. The molecule has 0 spiro atoms. The molecule has 2 heterocycles. The Hall–Kier alpha value is -1.02. The lowest BCUT2D eigenvalue weighted by Crippen LogP contribution is -2.47. The Labute approximate surface area is 117 Å². The van der Waals surface area contributed by atoms with Crippen molar-refractivity contribution < 1.29 is 0 Å². The maximum absolute atomic E-state index is 6.19. The van der Waals surface area contributed by atoms with Crippen molar-refractivity contribution in [3.63, 3.8) is 0 Å². The van der Waals surface area contributed by atoms with E-state index in [4.69, 9.17) is 5.73 Å². The first-order valence-corrected chi connectivity index (χ1v) is 7.83. The number of hydrogen-bond acceptors (Lipinski definition) is 2. The van der Waals surface area contributed by atoms with Crippen molar-refractivity contribution in [3.05, 3.63) is 29.8 Å². The number of benzene rings is 1. The number of nitrogens with two attached hydrogens (primary N) is 1. The summed E-state index contributed by atoms with van der Waals surface area (Å²) in [6.45, 7) is 4.62. The third-order valence-corrected chi connectivity index (χ3v) is 5.13. The molecule has 2 bridgehead atoms. The van der Waals surface area contributed by atoms with Crippen LogP contribution in [0.4, 0.5) is 5.69 Å². The van der Waals surface area contributed by atoms with E-state index in [0.717, 1.165) is 0 Å². The van der Waals surface area contributed by atoms with Gasteiger partial charge in [0.25, 0.3) is 0 Å². The van der Waals surface area contributed by atoms with Crippen LogP contribution in [0.15, 0.2) is 24.3 Å². The van der Waals surface area contributed by atoms with Crippen LogP contribution >= 0.6 is 0 Å². The Morgan fingerprint density at radius 2 is 1.84 bits per heavy atom. The van der Waals surface area contributed by atoms with Crippen LogP contribution in [0.1, 0.15) is 57.4 Å². The summed E-state index contributed by atoms with van der Waals surface area (Å²) in [5.74, 6) is 0.645. The van der Waals surface area contributed by atoms with Crippen LogP contribution in [0.3, 0.4) is 0 Å². The topological polar surface area (TPSA) is 29.3 Å². The Kier molecular flexibility index (Phi) is 3.53. The Balaban J connectivity index is 1.95. The predicted molar refractivity (Wildman–Crippen MR) is 81.6 cm³/mol. The number of rotatable bonds is 3. The molecule has 19 heavy (non-hydrogen) atoms. The van der Waals surface area contributed by atoms with E-state index < -0.39 is 0 Å². The van der Waals surface area contributed by atoms with Crippen molar-refractivity contribution in [2.24, 2.45) is 5.73 Å². The van der Waals surface area contributed by atoms with Gasteiger partial charge in [0.05, 0.1) is 0 Å². The molecule has 2 aliphatic rings. The number of fused-ring (bicyclic) bond motifs is 2. The molecule has 0 radical (unpaired) electrons. The SMILES string of the molecule is CCC(C)c1ccccc1N1C2CCC1CC(N)C2. The largest absolute Gasteiger partial charge is 0.365 e. The van der Waals surface area contributed by atoms with Gasteiger partial charge in [0.1, 0.15) is 0 Å². The molecular weight excluding hydrogens is 232 g/mol. The van der Waals surface area contributed by atoms with Crippen molar-refractivity contribution in [1.82, 2.24) is 0 Å². The first-order chi connectivity index (χ1) is 9.20. The fraction of sp³-hybridized carbons (Fsp3) is 0.647. The molecular formula is C17H26N2. The number of anilines is 1. The van der Waals surface area contributed by atoms with Crippen LogP contribution in [-0.4, -0.2) is 18.1 Å². The van der Waals surface area contributed by atoms with Gasteiger partial charge < -0.3 is 10.6 Å². The summed E-state index contributed by atoms with van der Waals surface area (Å²) in [6, 6.07) is 10.8. The van der Waals surface area contributed by atoms with E-state index in [-0.39, 0.29) is 0 Å². The molecule has 1 aromatic rings. The predicted octanol–water partition coefficient (Wildman–Crippen LogP) is 3.66. The minimum atomic E-state index is 0.421. The summed E-state index contributed by atoms with van der Waals surface area (Å²) in [5.41, 5.74) is 9.20. The molecule has 2 N–H and O–H groups in total. The third-order valence-electron chi connectivity index (χ3n) is 5.13. The molecule has 2 fully saturated rings. The van der Waals surface area contributed by atoms with Gasteiger partial charge in [-0.25, -0.2) is 0 Å². The molecule has 3 rings (SSSR count). The van der Waals surface area contributed by atoms with Gasteiger partial charge >= 0.3 is 0 Å². The van der Waals surface area contributed by atoms with E-state index >= 15 is 0 Å². The van der Waals surface area contributed by atoms with Gasteiger partial charge in [0.2, 0.25) is 0 Å². The van der Waals surface area contributed by atoms with Crippen molar-refractivity contribution in [2.45, 2.75) is 70.0 Å². The van der Waals surface area contributed by atoms with Gasteiger partial charge in [-0.05, 0) is 49.7 Å². The first kappa shape index (κ1) is 13.0. The van der Waals surface area contributed by atoms with Crippen LogP contribution in [0.5, 0.6) is 0 Å². The quantitative estimate of drug-likeness (QED) is 0.896. The van der Waals surface area contributed by atoms with Crippen LogP contribution < -0.4 is 10.6 Å². The highest BCUT2D eigenvalue weighted by Crippen LogP contribution is 2.42. The molecule has 2 aliphatic heterocycles. The molecule has 2 saturated heterocycles. The van der Waals surface area contributed by atoms with E-state index in [9.17, 15) is 0 Å². The van der Waals surface area contributed by atoms with Gasteiger partial charge in [-0.15, -0.1) is 0 Å². The fourth-order valence-electron chi connectivity index (χ4n) is 3.97. The summed E-state index contributed by atoms with van der Waals surface area (Å²) in [7, 11) is 0. The van der Waals surface area contributed by atoms with Crippen LogP contribution in [-0.2, 0) is 0 Å². The zero-order valence-corrected chi connectivity index (χ0v) is 12.2. The van der Waals surface area contributed by atoms with Crippen LogP contribution in [0.2, 0.25) is 0 Å². The van der Waals surface area contributed by atoms with E-state index in [1.807, 2.05) is 0 Å². The second-order valence-corrected chi connectivity index (χ2v) is 6.39. The maximum atomic E-state index is 6.19. The second kappa shape index (κ2) is 5.16. The summed E-state index contributed by atoms with van der Waals surface area (Å²) < 4.78 is 0. The molecule has 0 saturated carbocycles. The maximum Gasteiger partial charge on any atom is 0.0406 e. The summed E-state index contributed by atoms with van der Waals surface area (Å²) >= 11 is 0. The molecule has 2 heteroatoms. The molecule has 104 valence electrons. The molecule has 2 nitrogen and oxygen atoms in total. The smallest absolute Gasteiger partial charge is 0.0406 e. The highest BCUT2D eigenvalue weighted by Gasteiger charge is 2.40. The van der Waals surface area contributed by atoms with Crippen molar-refractivity contribution >= 4 is 5.69 Å². The minimum absolute atomic E-state index is 0.421. The lowest BCUT2D eigenvalue weighted by atomic mass is 9.92. The summed E-state index contributed by atoms with van der Waals surface area (Å²) in [6.07, 6.45) is 6.21. The molecule has 0 amide bonds. The fourth-order valence-corrected chi connectivity index (χ4v) is 3.97. The zero-order valence-electron chi connectivity index (χ0n) is 12.2. The van der Waals surface area contributed by atoms with Crippen molar-refractivity contribution in [1.29, 1.82) is 0 Å². The van der Waals surface area contributed by atoms with Gasteiger partial charge in [-0.2, -0.15) is 0 Å². The molecule has 0 aromatic heterocycles. The lowest BCUT2D eigenvalue weighted by molar-refractivity contribution is 0.413.